The molecule has 1 unspecified atom stereocenters. The van der Waals surface area contributed by atoms with E-state index in [-0.39, 0.29) is 11.9 Å². The van der Waals surface area contributed by atoms with Gasteiger partial charge in [0.05, 0.1) is 6.04 Å². The van der Waals surface area contributed by atoms with Gasteiger partial charge in [0, 0.05) is 6.54 Å². The minimum absolute atomic E-state index is 0.0330. The molecule has 0 saturated heterocycles. The molecule has 3 N–H and O–H groups in total. The fourth-order valence-electron chi connectivity index (χ4n) is 1.31. The lowest BCUT2D eigenvalue weighted by Crippen LogP contribution is -2.35. The smallest absolute Gasteiger partial charge is 0.123 e. The van der Waals surface area contributed by atoms with E-state index < -0.39 is 0 Å². The van der Waals surface area contributed by atoms with E-state index in [1.165, 1.54) is 12.1 Å². The monoisotopic (exact) mass is 197 g/mol. The van der Waals surface area contributed by atoms with Crippen LogP contribution >= 0.6 is 0 Å². The van der Waals surface area contributed by atoms with Crippen molar-refractivity contribution in [3.8, 4) is 0 Å². The molecular formula is C10H16FN3. The van der Waals surface area contributed by atoms with Gasteiger partial charge in [0.25, 0.3) is 0 Å². The Morgan fingerprint density at radius 3 is 2.36 bits per heavy atom. The molecule has 4 heteroatoms. The summed E-state index contributed by atoms with van der Waals surface area (Å²) in [5.41, 5.74) is 3.69. The number of nitrogens with two attached hydrogens (primary N) is 1. The molecule has 1 aromatic carbocycles. The van der Waals surface area contributed by atoms with Crippen LogP contribution in [0.4, 0.5) is 4.39 Å². The van der Waals surface area contributed by atoms with E-state index in [9.17, 15) is 4.39 Å². The summed E-state index contributed by atoms with van der Waals surface area (Å²) in [6.45, 7) is 0.780. The van der Waals surface area contributed by atoms with Crippen molar-refractivity contribution < 1.29 is 4.39 Å². The van der Waals surface area contributed by atoms with Crippen molar-refractivity contribution in [2.45, 2.75) is 6.04 Å². The van der Waals surface area contributed by atoms with Crippen molar-refractivity contribution >= 4 is 0 Å². The van der Waals surface area contributed by atoms with E-state index in [1.54, 1.807) is 12.1 Å². The normalized spacial score (nSPS) is 13.2. The molecule has 1 atom stereocenters. The Labute approximate surface area is 83.7 Å². The molecule has 0 aliphatic heterocycles. The Bertz CT molecular complexity index is 271. The fraction of sp³-hybridized carbons (Fsp3) is 0.400. The van der Waals surface area contributed by atoms with Gasteiger partial charge in [-0.25, -0.2) is 4.39 Å². The molecule has 0 radical (unpaired) electrons. The van der Waals surface area contributed by atoms with Gasteiger partial charge in [0.1, 0.15) is 5.82 Å². The van der Waals surface area contributed by atoms with Crippen LogP contribution < -0.4 is 11.3 Å². The predicted molar refractivity (Wildman–Crippen MR) is 55.0 cm³/mol. The topological polar surface area (TPSA) is 41.3 Å². The van der Waals surface area contributed by atoms with Gasteiger partial charge < -0.3 is 4.90 Å². The number of nitrogens with one attached hydrogen (secondary N) is 1. The summed E-state index contributed by atoms with van der Waals surface area (Å²) in [4.78, 5) is 2.02. The van der Waals surface area contributed by atoms with Gasteiger partial charge in [0.15, 0.2) is 0 Å². The molecule has 0 fully saturated rings. The Hall–Kier alpha value is -0.970. The average Bonchev–Trinajstić information content (AvgIpc) is 2.15. The van der Waals surface area contributed by atoms with Crippen LogP contribution in [0.2, 0.25) is 0 Å². The number of rotatable bonds is 4. The number of nitrogens with zero attached hydrogens (tertiary/aromatic N) is 1. The maximum absolute atomic E-state index is 12.7. The number of likely N-dealkylation sites (N-methyl/N-ethyl adjacent to an activating group) is 1. The van der Waals surface area contributed by atoms with E-state index in [0.29, 0.717) is 0 Å². The first-order chi connectivity index (χ1) is 6.63. The number of hydrogen-bond donors (Lipinski definition) is 2. The Balaban J connectivity index is 2.73. The molecule has 0 heterocycles. The van der Waals surface area contributed by atoms with Crippen LogP contribution in [0.25, 0.3) is 0 Å². The summed E-state index contributed by atoms with van der Waals surface area (Å²) in [6, 6.07) is 6.39. The van der Waals surface area contributed by atoms with Gasteiger partial charge in [-0.2, -0.15) is 0 Å². The highest BCUT2D eigenvalue weighted by atomic mass is 19.1. The van der Waals surface area contributed by atoms with Crippen LogP contribution in [0.15, 0.2) is 24.3 Å². The Morgan fingerprint density at radius 2 is 1.93 bits per heavy atom. The number of halogens is 1. The SMILES string of the molecule is CN(C)CC(NN)c1ccc(F)cc1. The second kappa shape index (κ2) is 5.05. The molecule has 0 saturated carbocycles. The molecule has 0 bridgehead atoms. The van der Waals surface area contributed by atoms with Crippen molar-refractivity contribution in [2.75, 3.05) is 20.6 Å². The van der Waals surface area contributed by atoms with Crippen LogP contribution in [0.1, 0.15) is 11.6 Å². The third-order valence-electron chi connectivity index (χ3n) is 2.02. The second-order valence-corrected chi connectivity index (χ2v) is 3.53. The predicted octanol–water partition coefficient (Wildman–Crippen LogP) is 0.892. The van der Waals surface area contributed by atoms with Crippen LogP contribution in [0.3, 0.4) is 0 Å². The van der Waals surface area contributed by atoms with Gasteiger partial charge in [0.2, 0.25) is 0 Å². The molecule has 0 aromatic heterocycles. The lowest BCUT2D eigenvalue weighted by Gasteiger charge is -2.20. The van der Waals surface area contributed by atoms with Gasteiger partial charge in [-0.3, -0.25) is 11.3 Å². The van der Waals surface area contributed by atoms with E-state index >= 15 is 0 Å². The van der Waals surface area contributed by atoms with Crippen molar-refractivity contribution in [1.82, 2.24) is 10.3 Å². The molecule has 14 heavy (non-hydrogen) atoms. The molecule has 1 rings (SSSR count). The summed E-state index contributed by atoms with van der Waals surface area (Å²) >= 11 is 0. The highest BCUT2D eigenvalue weighted by Crippen LogP contribution is 2.13. The number of hydrazine groups is 1. The third kappa shape index (κ3) is 3.06. The molecular weight excluding hydrogens is 181 g/mol. The minimum atomic E-state index is -0.227. The van der Waals surface area contributed by atoms with Crippen molar-refractivity contribution in [2.24, 2.45) is 5.84 Å². The van der Waals surface area contributed by atoms with E-state index in [2.05, 4.69) is 5.43 Å². The van der Waals surface area contributed by atoms with Crippen molar-refractivity contribution in [1.29, 1.82) is 0 Å². The third-order valence-corrected chi connectivity index (χ3v) is 2.02. The zero-order chi connectivity index (χ0) is 10.6. The Kier molecular flexibility index (Phi) is 4.00. The molecule has 0 aliphatic rings. The highest BCUT2D eigenvalue weighted by Gasteiger charge is 2.09. The second-order valence-electron chi connectivity index (χ2n) is 3.53. The van der Waals surface area contributed by atoms with E-state index in [1.807, 2.05) is 19.0 Å². The molecule has 0 spiro atoms. The largest absolute Gasteiger partial charge is 0.307 e. The van der Waals surface area contributed by atoms with Crippen LogP contribution in [0.5, 0.6) is 0 Å². The summed E-state index contributed by atoms with van der Waals surface area (Å²) < 4.78 is 12.7. The average molecular weight is 197 g/mol. The maximum Gasteiger partial charge on any atom is 0.123 e. The van der Waals surface area contributed by atoms with Gasteiger partial charge in [-0.15, -0.1) is 0 Å². The lowest BCUT2D eigenvalue weighted by molar-refractivity contribution is 0.344. The zero-order valence-electron chi connectivity index (χ0n) is 8.50. The molecule has 1 aromatic rings. The van der Waals surface area contributed by atoms with Crippen LogP contribution in [-0.4, -0.2) is 25.5 Å². The summed E-state index contributed by atoms with van der Waals surface area (Å²) in [7, 11) is 3.93. The van der Waals surface area contributed by atoms with Gasteiger partial charge in [-0.1, -0.05) is 12.1 Å². The van der Waals surface area contributed by atoms with E-state index in [4.69, 9.17) is 5.84 Å². The minimum Gasteiger partial charge on any atom is -0.307 e. The molecule has 0 aliphatic carbocycles. The molecule has 3 nitrogen and oxygen atoms in total. The Morgan fingerprint density at radius 1 is 1.36 bits per heavy atom. The summed E-state index contributed by atoms with van der Waals surface area (Å²) in [5.74, 6) is 5.19. The van der Waals surface area contributed by atoms with E-state index in [0.717, 1.165) is 12.1 Å². The van der Waals surface area contributed by atoms with Crippen molar-refractivity contribution in [3.05, 3.63) is 35.6 Å². The first kappa shape index (κ1) is 11.1. The van der Waals surface area contributed by atoms with Crippen molar-refractivity contribution in [3.63, 3.8) is 0 Å². The van der Waals surface area contributed by atoms with Crippen LogP contribution in [-0.2, 0) is 0 Å². The van der Waals surface area contributed by atoms with Crippen LogP contribution in [0, 0.1) is 5.82 Å². The van der Waals surface area contributed by atoms with Gasteiger partial charge in [-0.05, 0) is 31.8 Å². The molecule has 0 amide bonds. The standard InChI is InChI=1S/C10H16FN3/c1-14(2)7-10(13-12)8-3-5-9(11)6-4-8/h3-6,10,13H,7,12H2,1-2H3. The number of benzene rings is 1. The lowest BCUT2D eigenvalue weighted by atomic mass is 10.1. The fourth-order valence-corrected chi connectivity index (χ4v) is 1.31. The first-order valence-corrected chi connectivity index (χ1v) is 4.50. The summed E-state index contributed by atoms with van der Waals surface area (Å²) in [5, 5.41) is 0. The quantitative estimate of drug-likeness (QED) is 0.556. The highest BCUT2D eigenvalue weighted by molar-refractivity contribution is 5.20. The summed E-state index contributed by atoms with van der Waals surface area (Å²) in [6.07, 6.45) is 0. The number of hydrogen-bond acceptors (Lipinski definition) is 3. The zero-order valence-corrected chi connectivity index (χ0v) is 8.50. The van der Waals surface area contributed by atoms with Gasteiger partial charge >= 0.3 is 0 Å². The maximum atomic E-state index is 12.7. The first-order valence-electron chi connectivity index (χ1n) is 4.50. The molecule has 78 valence electrons.